The lowest BCUT2D eigenvalue weighted by atomic mass is 10.0. The van der Waals surface area contributed by atoms with Crippen molar-refractivity contribution in [3.05, 3.63) is 88.0 Å². The standard InChI is InChI=1S/C25H21ClFNO3S/c1-30-9-8-28-25(29)18-6-2-4-16(10-18)23-7-3-5-17-11-22(32-24(17)23)15-31-21-13-19(26)12-20(27)14-21/h2-7,10-14H,8-9,15H2,1H3,(H,28,29). The van der Waals surface area contributed by atoms with Crippen molar-refractivity contribution < 1.29 is 18.7 Å². The maximum absolute atomic E-state index is 13.5. The summed E-state index contributed by atoms with van der Waals surface area (Å²) < 4.78 is 25.4. The Morgan fingerprint density at radius 2 is 1.94 bits per heavy atom. The summed E-state index contributed by atoms with van der Waals surface area (Å²) in [6.45, 7) is 1.23. The van der Waals surface area contributed by atoms with Crippen LogP contribution in [0.1, 0.15) is 15.2 Å². The predicted octanol–water partition coefficient (Wildman–Crippen LogP) is 6.32. The Morgan fingerprint density at radius 3 is 2.75 bits per heavy atom. The number of halogens is 2. The number of hydrogen-bond donors (Lipinski definition) is 1. The molecule has 1 N–H and O–H groups in total. The summed E-state index contributed by atoms with van der Waals surface area (Å²) >= 11 is 7.51. The van der Waals surface area contributed by atoms with Gasteiger partial charge in [-0.3, -0.25) is 4.79 Å². The molecule has 4 nitrogen and oxygen atoms in total. The normalized spacial score (nSPS) is 11.0. The molecule has 1 amide bonds. The van der Waals surface area contributed by atoms with Crippen molar-refractivity contribution in [1.82, 2.24) is 5.32 Å². The number of carbonyl (C=O) groups is 1. The molecule has 0 unspecified atom stereocenters. The highest BCUT2D eigenvalue weighted by Crippen LogP contribution is 2.36. The van der Waals surface area contributed by atoms with Crippen molar-refractivity contribution in [1.29, 1.82) is 0 Å². The summed E-state index contributed by atoms with van der Waals surface area (Å²) in [4.78, 5) is 13.4. The number of carbonyl (C=O) groups excluding carboxylic acids is 1. The van der Waals surface area contributed by atoms with Crippen molar-refractivity contribution >= 4 is 38.9 Å². The van der Waals surface area contributed by atoms with Gasteiger partial charge in [0.2, 0.25) is 0 Å². The van der Waals surface area contributed by atoms with Gasteiger partial charge in [0.15, 0.2) is 0 Å². The van der Waals surface area contributed by atoms with E-state index in [4.69, 9.17) is 21.1 Å². The Kier molecular flexibility index (Phi) is 7.05. The Balaban J connectivity index is 1.57. The fourth-order valence-electron chi connectivity index (χ4n) is 3.38. The van der Waals surface area contributed by atoms with Crippen LogP contribution in [0.2, 0.25) is 5.02 Å². The molecule has 0 aliphatic heterocycles. The van der Waals surface area contributed by atoms with Crippen LogP contribution < -0.4 is 10.1 Å². The summed E-state index contributed by atoms with van der Waals surface area (Å²) in [6, 6.07) is 19.8. The van der Waals surface area contributed by atoms with Crippen LogP contribution in [0.4, 0.5) is 4.39 Å². The van der Waals surface area contributed by atoms with E-state index in [9.17, 15) is 9.18 Å². The average molecular weight is 470 g/mol. The predicted molar refractivity (Wildman–Crippen MR) is 127 cm³/mol. The molecule has 0 saturated carbocycles. The van der Waals surface area contributed by atoms with Crippen LogP contribution in [0.15, 0.2) is 66.7 Å². The lowest BCUT2D eigenvalue weighted by molar-refractivity contribution is 0.0937. The molecule has 32 heavy (non-hydrogen) atoms. The van der Waals surface area contributed by atoms with E-state index in [0.29, 0.717) is 36.1 Å². The molecule has 0 atom stereocenters. The second-order valence-corrected chi connectivity index (χ2v) is 8.73. The van der Waals surface area contributed by atoms with E-state index in [1.165, 1.54) is 12.1 Å². The van der Waals surface area contributed by atoms with Crippen molar-refractivity contribution in [3.8, 4) is 16.9 Å². The molecule has 4 aromatic rings. The fraction of sp³-hybridized carbons (Fsp3) is 0.160. The lowest BCUT2D eigenvalue weighted by Gasteiger charge is -2.08. The van der Waals surface area contributed by atoms with E-state index >= 15 is 0 Å². The summed E-state index contributed by atoms with van der Waals surface area (Å²) in [5, 5.41) is 4.22. The van der Waals surface area contributed by atoms with Gasteiger partial charge in [-0.2, -0.15) is 0 Å². The fourth-order valence-corrected chi connectivity index (χ4v) is 4.70. The molecule has 0 aliphatic rings. The maximum Gasteiger partial charge on any atom is 0.251 e. The number of methoxy groups -OCH3 is 1. The Labute approximate surface area is 194 Å². The zero-order valence-electron chi connectivity index (χ0n) is 17.4. The molecule has 7 heteroatoms. The highest BCUT2D eigenvalue weighted by atomic mass is 35.5. The molecule has 0 fully saturated rings. The van der Waals surface area contributed by atoms with Crippen LogP contribution in [-0.2, 0) is 11.3 Å². The average Bonchev–Trinajstić information content (AvgIpc) is 3.20. The number of hydrogen-bond acceptors (Lipinski definition) is 4. The third-order valence-corrected chi connectivity index (χ3v) is 6.22. The van der Waals surface area contributed by atoms with Gasteiger partial charge in [0, 0.05) is 39.9 Å². The van der Waals surface area contributed by atoms with Gasteiger partial charge >= 0.3 is 0 Å². The van der Waals surface area contributed by atoms with E-state index in [2.05, 4.69) is 11.4 Å². The minimum absolute atomic E-state index is 0.134. The second-order valence-electron chi connectivity index (χ2n) is 7.16. The molecule has 0 saturated heterocycles. The molecular weight excluding hydrogens is 449 g/mol. The molecule has 0 aliphatic carbocycles. The zero-order chi connectivity index (χ0) is 22.5. The first-order chi connectivity index (χ1) is 15.5. The van der Waals surface area contributed by atoms with Crippen LogP contribution in [-0.4, -0.2) is 26.2 Å². The monoisotopic (exact) mass is 469 g/mol. The Bertz CT molecular complexity index is 1240. The van der Waals surface area contributed by atoms with Gasteiger partial charge in [-0.25, -0.2) is 4.39 Å². The Morgan fingerprint density at radius 1 is 1.09 bits per heavy atom. The number of benzene rings is 3. The molecule has 4 rings (SSSR count). The van der Waals surface area contributed by atoms with E-state index in [1.54, 1.807) is 30.6 Å². The largest absolute Gasteiger partial charge is 0.488 e. The number of rotatable bonds is 8. The minimum Gasteiger partial charge on any atom is -0.488 e. The van der Waals surface area contributed by atoms with Crippen LogP contribution in [0.25, 0.3) is 21.2 Å². The van der Waals surface area contributed by atoms with Crippen LogP contribution in [0.5, 0.6) is 5.75 Å². The lowest BCUT2D eigenvalue weighted by Crippen LogP contribution is -2.26. The van der Waals surface area contributed by atoms with Crippen LogP contribution >= 0.6 is 22.9 Å². The van der Waals surface area contributed by atoms with Gasteiger partial charge < -0.3 is 14.8 Å². The summed E-state index contributed by atoms with van der Waals surface area (Å²) in [6.07, 6.45) is 0. The minimum atomic E-state index is -0.433. The third kappa shape index (κ3) is 5.27. The highest BCUT2D eigenvalue weighted by molar-refractivity contribution is 7.19. The number of thiophene rings is 1. The van der Waals surface area contributed by atoms with Gasteiger partial charge in [0.25, 0.3) is 5.91 Å². The topological polar surface area (TPSA) is 47.6 Å². The SMILES string of the molecule is COCCNC(=O)c1cccc(-c2cccc3cc(COc4cc(F)cc(Cl)c4)sc23)c1. The first-order valence-corrected chi connectivity index (χ1v) is 11.2. The van der Waals surface area contributed by atoms with Gasteiger partial charge in [-0.05, 0) is 46.8 Å². The van der Waals surface area contributed by atoms with E-state index in [-0.39, 0.29) is 5.91 Å². The number of ether oxygens (including phenoxy) is 2. The summed E-state index contributed by atoms with van der Waals surface area (Å²) in [5.74, 6) is -0.178. The highest BCUT2D eigenvalue weighted by Gasteiger charge is 2.12. The van der Waals surface area contributed by atoms with Crippen molar-refractivity contribution in [2.75, 3.05) is 20.3 Å². The summed E-state index contributed by atoms with van der Waals surface area (Å²) in [7, 11) is 1.60. The third-order valence-electron chi connectivity index (χ3n) is 4.84. The Hall–Kier alpha value is -2.93. The maximum atomic E-state index is 13.5. The van der Waals surface area contributed by atoms with Gasteiger partial charge in [0.1, 0.15) is 18.2 Å². The zero-order valence-corrected chi connectivity index (χ0v) is 18.9. The summed E-state index contributed by atoms with van der Waals surface area (Å²) in [5.41, 5.74) is 2.60. The smallest absolute Gasteiger partial charge is 0.251 e. The van der Waals surface area contributed by atoms with Gasteiger partial charge in [-0.1, -0.05) is 41.9 Å². The molecule has 0 radical (unpaired) electrons. The molecule has 3 aromatic carbocycles. The van der Waals surface area contributed by atoms with E-state index in [1.807, 2.05) is 36.4 Å². The van der Waals surface area contributed by atoms with Crippen molar-refractivity contribution in [3.63, 3.8) is 0 Å². The molecule has 0 bridgehead atoms. The molecule has 0 spiro atoms. The number of amides is 1. The quantitative estimate of drug-likeness (QED) is 0.307. The second kappa shape index (κ2) is 10.1. The molecular formula is C25H21ClFNO3S. The molecule has 1 heterocycles. The van der Waals surface area contributed by atoms with Gasteiger partial charge in [0.05, 0.1) is 6.61 Å². The van der Waals surface area contributed by atoms with E-state index < -0.39 is 5.82 Å². The first-order valence-electron chi connectivity index (χ1n) is 10.0. The molecule has 1 aromatic heterocycles. The van der Waals surface area contributed by atoms with E-state index in [0.717, 1.165) is 26.1 Å². The van der Waals surface area contributed by atoms with Crippen molar-refractivity contribution in [2.45, 2.75) is 6.61 Å². The van der Waals surface area contributed by atoms with Crippen molar-refractivity contribution in [2.24, 2.45) is 0 Å². The van der Waals surface area contributed by atoms with Crippen LogP contribution in [0.3, 0.4) is 0 Å². The number of fused-ring (bicyclic) bond motifs is 1. The van der Waals surface area contributed by atoms with Gasteiger partial charge in [-0.15, -0.1) is 11.3 Å². The molecule has 164 valence electrons. The van der Waals surface area contributed by atoms with Crippen LogP contribution in [0, 0.1) is 5.82 Å². The number of nitrogens with one attached hydrogen (secondary N) is 1. The first kappa shape index (κ1) is 22.3.